The molecule has 0 unspecified atom stereocenters. The first-order valence-corrected chi connectivity index (χ1v) is 5.25. The molecule has 0 aliphatic heterocycles. The molecule has 1 rings (SSSR count). The van der Waals surface area contributed by atoms with E-state index in [2.05, 4.69) is 0 Å². The van der Waals surface area contributed by atoms with Gasteiger partial charge in [0.25, 0.3) is 5.69 Å². The van der Waals surface area contributed by atoms with Crippen LogP contribution in [0.15, 0.2) is 23.1 Å². The molecule has 0 aromatic heterocycles. The average Bonchev–Trinajstić information content (AvgIpc) is 2.17. The van der Waals surface area contributed by atoms with Crippen LogP contribution >= 0.6 is 0 Å². The molecular weight excluding hydrogens is 227 g/mol. The Bertz CT molecular complexity index is 500. The summed E-state index contributed by atoms with van der Waals surface area (Å²) in [6.45, 7) is 0. The van der Waals surface area contributed by atoms with Crippen LogP contribution < -0.4 is 4.72 Å². The van der Waals surface area contributed by atoms with Crippen molar-refractivity contribution in [3.05, 3.63) is 34.1 Å². The van der Waals surface area contributed by atoms with E-state index in [0.29, 0.717) is 0 Å². The number of rotatable bonds is 3. The Morgan fingerprint density at radius 3 is 2.53 bits per heavy atom. The second-order valence-electron chi connectivity index (χ2n) is 2.55. The Morgan fingerprint density at radius 1 is 1.47 bits per heavy atom. The van der Waals surface area contributed by atoms with Crippen LogP contribution in [-0.4, -0.2) is 20.4 Å². The van der Waals surface area contributed by atoms with Gasteiger partial charge in [0.05, 0.1) is 4.92 Å². The van der Waals surface area contributed by atoms with Crippen LogP contribution in [0.25, 0.3) is 0 Å². The molecule has 8 heteroatoms. The van der Waals surface area contributed by atoms with Crippen molar-refractivity contribution >= 4 is 15.7 Å². The second kappa shape index (κ2) is 3.91. The van der Waals surface area contributed by atoms with Gasteiger partial charge in [0.15, 0.2) is 4.90 Å². The van der Waals surface area contributed by atoms with E-state index in [1.807, 2.05) is 4.72 Å². The van der Waals surface area contributed by atoms with E-state index in [0.717, 1.165) is 25.2 Å². The largest absolute Gasteiger partial charge is 0.292 e. The van der Waals surface area contributed by atoms with E-state index >= 15 is 0 Å². The van der Waals surface area contributed by atoms with E-state index in [4.69, 9.17) is 0 Å². The number of hydrogen-bond donors (Lipinski definition) is 1. The summed E-state index contributed by atoms with van der Waals surface area (Å²) in [6.07, 6.45) is 0. The standard InChI is InChI=1S/C7H7FN2O4S/c1-9-15(13,14)7-5(8)3-2-4-6(7)10(11)12/h2-4,9H,1H3. The normalized spacial score (nSPS) is 11.3. The fourth-order valence-electron chi connectivity index (χ4n) is 1.01. The summed E-state index contributed by atoms with van der Waals surface area (Å²) in [7, 11) is -3.12. The highest BCUT2D eigenvalue weighted by Crippen LogP contribution is 2.25. The molecule has 6 nitrogen and oxygen atoms in total. The summed E-state index contributed by atoms with van der Waals surface area (Å²) in [5, 5.41) is 10.5. The summed E-state index contributed by atoms with van der Waals surface area (Å²) in [5.41, 5.74) is -0.788. The topological polar surface area (TPSA) is 89.3 Å². The van der Waals surface area contributed by atoms with Crippen molar-refractivity contribution in [1.29, 1.82) is 0 Å². The molecule has 0 radical (unpaired) electrons. The van der Waals surface area contributed by atoms with Crippen molar-refractivity contribution in [2.75, 3.05) is 7.05 Å². The van der Waals surface area contributed by atoms with Gasteiger partial charge < -0.3 is 0 Å². The zero-order valence-corrected chi connectivity index (χ0v) is 8.41. The number of nitrogens with one attached hydrogen (secondary N) is 1. The van der Waals surface area contributed by atoms with Gasteiger partial charge in [-0.05, 0) is 13.1 Å². The number of sulfonamides is 1. The minimum Gasteiger partial charge on any atom is -0.258 e. The van der Waals surface area contributed by atoms with Gasteiger partial charge in [0.1, 0.15) is 5.82 Å². The van der Waals surface area contributed by atoms with Crippen molar-refractivity contribution in [3.63, 3.8) is 0 Å². The number of hydrogen-bond acceptors (Lipinski definition) is 4. The first kappa shape index (κ1) is 11.5. The molecule has 0 amide bonds. The van der Waals surface area contributed by atoms with E-state index in [1.54, 1.807) is 0 Å². The fraction of sp³-hybridized carbons (Fsp3) is 0.143. The van der Waals surface area contributed by atoms with Gasteiger partial charge in [-0.2, -0.15) is 0 Å². The van der Waals surface area contributed by atoms with Crippen molar-refractivity contribution in [1.82, 2.24) is 4.72 Å². The van der Waals surface area contributed by atoms with Crippen LogP contribution in [0.2, 0.25) is 0 Å². The highest BCUT2D eigenvalue weighted by atomic mass is 32.2. The predicted molar refractivity (Wildman–Crippen MR) is 49.3 cm³/mol. The molecule has 1 aromatic rings. The summed E-state index contributed by atoms with van der Waals surface area (Å²) < 4.78 is 37.6. The van der Waals surface area contributed by atoms with Gasteiger partial charge >= 0.3 is 0 Å². The molecule has 0 heterocycles. The molecule has 82 valence electrons. The summed E-state index contributed by atoms with van der Waals surface area (Å²) in [5.74, 6) is -1.15. The Hall–Kier alpha value is -1.54. The minimum absolute atomic E-state index is 0.788. The zero-order chi connectivity index (χ0) is 11.6. The van der Waals surface area contributed by atoms with Crippen LogP contribution in [0.5, 0.6) is 0 Å². The number of benzene rings is 1. The van der Waals surface area contributed by atoms with E-state index in [9.17, 15) is 22.9 Å². The van der Waals surface area contributed by atoms with Crippen LogP contribution in [-0.2, 0) is 10.0 Å². The van der Waals surface area contributed by atoms with Gasteiger partial charge in [-0.25, -0.2) is 17.5 Å². The fourth-order valence-corrected chi connectivity index (χ4v) is 1.96. The lowest BCUT2D eigenvalue weighted by molar-refractivity contribution is -0.388. The van der Waals surface area contributed by atoms with E-state index in [1.165, 1.54) is 0 Å². The maximum absolute atomic E-state index is 13.2. The van der Waals surface area contributed by atoms with Crippen molar-refractivity contribution in [3.8, 4) is 0 Å². The highest BCUT2D eigenvalue weighted by Gasteiger charge is 2.28. The maximum Gasteiger partial charge on any atom is 0.292 e. The smallest absolute Gasteiger partial charge is 0.258 e. The molecule has 0 fully saturated rings. The lowest BCUT2D eigenvalue weighted by atomic mass is 10.3. The Kier molecular flexibility index (Phi) is 3.01. The van der Waals surface area contributed by atoms with Crippen molar-refractivity contribution in [2.45, 2.75) is 4.90 Å². The van der Waals surface area contributed by atoms with Crippen molar-refractivity contribution < 1.29 is 17.7 Å². The SMILES string of the molecule is CNS(=O)(=O)c1c(F)cccc1[N+](=O)[O-]. The lowest BCUT2D eigenvalue weighted by Gasteiger charge is -2.03. The Balaban J connectivity index is 3.59. The number of halogens is 1. The maximum atomic E-state index is 13.2. The monoisotopic (exact) mass is 234 g/mol. The molecule has 0 saturated carbocycles. The third kappa shape index (κ3) is 2.10. The molecule has 15 heavy (non-hydrogen) atoms. The number of nitrogens with zero attached hydrogens (tertiary/aromatic N) is 1. The van der Waals surface area contributed by atoms with Crippen LogP contribution in [0.4, 0.5) is 10.1 Å². The van der Waals surface area contributed by atoms with Crippen LogP contribution in [0, 0.1) is 15.9 Å². The molecule has 0 aliphatic carbocycles. The van der Waals surface area contributed by atoms with Crippen LogP contribution in [0.1, 0.15) is 0 Å². The molecule has 1 N–H and O–H groups in total. The van der Waals surface area contributed by atoms with E-state index in [-0.39, 0.29) is 0 Å². The highest BCUT2D eigenvalue weighted by molar-refractivity contribution is 7.89. The van der Waals surface area contributed by atoms with Gasteiger partial charge in [-0.3, -0.25) is 10.1 Å². The van der Waals surface area contributed by atoms with Crippen molar-refractivity contribution in [2.24, 2.45) is 0 Å². The van der Waals surface area contributed by atoms with Gasteiger partial charge in [-0.15, -0.1) is 0 Å². The first-order valence-electron chi connectivity index (χ1n) is 3.76. The summed E-state index contributed by atoms with van der Waals surface area (Å²) in [4.78, 5) is 8.59. The quantitative estimate of drug-likeness (QED) is 0.614. The van der Waals surface area contributed by atoms with Crippen LogP contribution in [0.3, 0.4) is 0 Å². The van der Waals surface area contributed by atoms with Gasteiger partial charge in [0, 0.05) is 6.07 Å². The number of nitro benzene ring substituents is 1. The summed E-state index contributed by atoms with van der Waals surface area (Å²) >= 11 is 0. The first-order chi connectivity index (χ1) is 6.90. The molecular formula is C7H7FN2O4S. The van der Waals surface area contributed by atoms with Gasteiger partial charge in [0.2, 0.25) is 10.0 Å². The molecule has 0 atom stereocenters. The summed E-state index contributed by atoms with van der Waals surface area (Å²) in [6, 6.07) is 2.84. The minimum atomic E-state index is -4.17. The molecule has 1 aromatic carbocycles. The Labute approximate surface area is 84.9 Å². The number of nitro groups is 1. The predicted octanol–water partition coefficient (Wildman–Crippen LogP) is 0.642. The van der Waals surface area contributed by atoms with E-state index < -0.39 is 31.3 Å². The molecule has 0 saturated heterocycles. The Morgan fingerprint density at radius 2 is 2.07 bits per heavy atom. The molecule has 0 spiro atoms. The third-order valence-corrected chi connectivity index (χ3v) is 3.16. The molecule has 0 aliphatic rings. The lowest BCUT2D eigenvalue weighted by Crippen LogP contribution is -2.21. The third-order valence-electron chi connectivity index (χ3n) is 1.68. The van der Waals surface area contributed by atoms with Gasteiger partial charge in [-0.1, -0.05) is 6.07 Å². The zero-order valence-electron chi connectivity index (χ0n) is 7.60. The average molecular weight is 234 g/mol. The second-order valence-corrected chi connectivity index (χ2v) is 4.38. The molecule has 0 bridgehead atoms.